The van der Waals surface area contributed by atoms with Gasteiger partial charge >= 0.3 is 0 Å². The van der Waals surface area contributed by atoms with Gasteiger partial charge in [0.1, 0.15) is 0 Å². The number of hydrogen-bond acceptors (Lipinski definition) is 3. The minimum atomic E-state index is -0.573. The number of carbonyl (C=O) groups excluding carboxylic acids is 1. The molecule has 0 bridgehead atoms. The van der Waals surface area contributed by atoms with E-state index in [1.165, 1.54) is 0 Å². The summed E-state index contributed by atoms with van der Waals surface area (Å²) in [6.07, 6.45) is 0. The highest BCUT2D eigenvalue weighted by Gasteiger charge is 2.43. The highest BCUT2D eigenvalue weighted by atomic mass is 35.5. The minimum absolute atomic E-state index is 0.0450. The number of piperazine rings is 1. The molecular formula is C15H22ClN3O. The normalized spacial score (nSPS) is 21.1. The lowest BCUT2D eigenvalue weighted by Gasteiger charge is -2.48. The van der Waals surface area contributed by atoms with Crippen LogP contribution in [-0.2, 0) is 4.79 Å². The Bertz CT molecular complexity index is 504. The van der Waals surface area contributed by atoms with Gasteiger partial charge in [-0.25, -0.2) is 0 Å². The highest BCUT2D eigenvalue weighted by Crippen LogP contribution is 2.34. The molecule has 4 nitrogen and oxygen atoms in total. The van der Waals surface area contributed by atoms with Gasteiger partial charge < -0.3 is 10.6 Å². The van der Waals surface area contributed by atoms with Gasteiger partial charge in [-0.1, -0.05) is 29.8 Å². The van der Waals surface area contributed by atoms with Crippen molar-refractivity contribution in [1.82, 2.24) is 9.80 Å². The van der Waals surface area contributed by atoms with Crippen molar-refractivity contribution in [2.45, 2.75) is 25.4 Å². The monoisotopic (exact) mass is 295 g/mol. The Morgan fingerprint density at radius 2 is 2.00 bits per heavy atom. The fourth-order valence-corrected chi connectivity index (χ4v) is 3.20. The number of carbonyl (C=O) groups is 1. The molecule has 0 radical (unpaired) electrons. The summed E-state index contributed by atoms with van der Waals surface area (Å²) in [7, 11) is 1.84. The molecule has 1 aromatic rings. The van der Waals surface area contributed by atoms with E-state index in [9.17, 15) is 4.79 Å². The number of benzene rings is 1. The summed E-state index contributed by atoms with van der Waals surface area (Å²) < 4.78 is 0. The Labute approximate surface area is 125 Å². The average Bonchev–Trinajstić information content (AvgIpc) is 2.41. The van der Waals surface area contributed by atoms with E-state index in [0.29, 0.717) is 18.1 Å². The van der Waals surface area contributed by atoms with E-state index in [0.717, 1.165) is 12.1 Å². The standard InChI is InChI=1S/C15H22ClN3O/c1-15(2)14(20)18(3)8-9-19(15)13(10-17)11-6-4-5-7-12(11)16/h4-7,13H,8-10,17H2,1-3H3. The van der Waals surface area contributed by atoms with Gasteiger partial charge in [0.15, 0.2) is 0 Å². The van der Waals surface area contributed by atoms with Crippen molar-refractivity contribution in [2.75, 3.05) is 26.7 Å². The third-order valence-electron chi connectivity index (χ3n) is 4.13. The summed E-state index contributed by atoms with van der Waals surface area (Å²) in [6.45, 7) is 5.84. The molecule has 0 saturated carbocycles. The number of nitrogens with zero attached hydrogens (tertiary/aromatic N) is 2. The molecule has 5 heteroatoms. The lowest BCUT2D eigenvalue weighted by molar-refractivity contribution is -0.149. The van der Waals surface area contributed by atoms with Crippen LogP contribution in [0.4, 0.5) is 0 Å². The fourth-order valence-electron chi connectivity index (χ4n) is 2.94. The molecule has 1 heterocycles. The van der Waals surface area contributed by atoms with Crippen LogP contribution in [0.2, 0.25) is 5.02 Å². The summed E-state index contributed by atoms with van der Waals surface area (Å²) >= 11 is 6.30. The zero-order valence-electron chi connectivity index (χ0n) is 12.3. The zero-order valence-corrected chi connectivity index (χ0v) is 13.0. The Hall–Kier alpha value is -1.10. The molecule has 1 aliphatic rings. The first-order chi connectivity index (χ1) is 9.39. The molecule has 20 heavy (non-hydrogen) atoms. The van der Waals surface area contributed by atoms with E-state index in [-0.39, 0.29) is 11.9 Å². The van der Waals surface area contributed by atoms with Gasteiger partial charge in [-0.05, 0) is 25.5 Å². The quantitative estimate of drug-likeness (QED) is 0.926. The largest absolute Gasteiger partial charge is 0.343 e. The van der Waals surface area contributed by atoms with Gasteiger partial charge in [-0.15, -0.1) is 0 Å². The second-order valence-electron chi connectivity index (χ2n) is 5.75. The topological polar surface area (TPSA) is 49.6 Å². The van der Waals surface area contributed by atoms with Crippen molar-refractivity contribution < 1.29 is 4.79 Å². The van der Waals surface area contributed by atoms with Crippen LogP contribution in [0.3, 0.4) is 0 Å². The maximum Gasteiger partial charge on any atom is 0.242 e. The fraction of sp³-hybridized carbons (Fsp3) is 0.533. The SMILES string of the molecule is CN1CCN(C(CN)c2ccccc2Cl)C(C)(C)C1=O. The molecule has 0 spiro atoms. The maximum atomic E-state index is 12.4. The first-order valence-electron chi connectivity index (χ1n) is 6.86. The van der Waals surface area contributed by atoms with E-state index < -0.39 is 5.54 Å². The molecule has 1 aliphatic heterocycles. The van der Waals surface area contributed by atoms with E-state index >= 15 is 0 Å². The van der Waals surface area contributed by atoms with Crippen LogP contribution in [0.15, 0.2) is 24.3 Å². The van der Waals surface area contributed by atoms with Gasteiger partial charge in [0, 0.05) is 37.7 Å². The van der Waals surface area contributed by atoms with Gasteiger partial charge in [-0.2, -0.15) is 0 Å². The van der Waals surface area contributed by atoms with E-state index in [2.05, 4.69) is 4.90 Å². The zero-order chi connectivity index (χ0) is 14.9. The van der Waals surface area contributed by atoms with E-state index in [4.69, 9.17) is 17.3 Å². The molecular weight excluding hydrogens is 274 g/mol. The summed E-state index contributed by atoms with van der Waals surface area (Å²) in [5.41, 5.74) is 6.40. The predicted molar refractivity (Wildman–Crippen MR) is 81.7 cm³/mol. The van der Waals surface area contributed by atoms with Crippen molar-refractivity contribution in [3.05, 3.63) is 34.9 Å². The van der Waals surface area contributed by atoms with Gasteiger partial charge in [0.25, 0.3) is 0 Å². The van der Waals surface area contributed by atoms with Crippen LogP contribution in [0.25, 0.3) is 0 Å². The molecule has 2 rings (SSSR count). The molecule has 1 amide bonds. The second-order valence-corrected chi connectivity index (χ2v) is 6.16. The van der Waals surface area contributed by atoms with E-state index in [1.807, 2.05) is 45.2 Å². The van der Waals surface area contributed by atoms with Crippen molar-refractivity contribution in [1.29, 1.82) is 0 Å². The third kappa shape index (κ3) is 2.55. The van der Waals surface area contributed by atoms with Crippen molar-refractivity contribution in [2.24, 2.45) is 5.73 Å². The van der Waals surface area contributed by atoms with Crippen LogP contribution in [0, 0.1) is 0 Å². The van der Waals surface area contributed by atoms with Crippen molar-refractivity contribution in [3.8, 4) is 0 Å². The van der Waals surface area contributed by atoms with Crippen LogP contribution >= 0.6 is 11.6 Å². The van der Waals surface area contributed by atoms with Crippen molar-refractivity contribution >= 4 is 17.5 Å². The first-order valence-corrected chi connectivity index (χ1v) is 7.24. The van der Waals surface area contributed by atoms with Gasteiger partial charge in [-0.3, -0.25) is 9.69 Å². The summed E-state index contributed by atoms with van der Waals surface area (Å²) in [6, 6.07) is 7.66. The molecule has 1 fully saturated rings. The lowest BCUT2D eigenvalue weighted by Crippen LogP contribution is -2.63. The molecule has 0 aromatic heterocycles. The predicted octanol–water partition coefficient (Wildman–Crippen LogP) is 1.89. The smallest absolute Gasteiger partial charge is 0.242 e. The molecule has 1 saturated heterocycles. The summed E-state index contributed by atoms with van der Waals surface area (Å²) in [5, 5.41) is 0.699. The summed E-state index contributed by atoms with van der Waals surface area (Å²) in [5.74, 6) is 0.120. The number of halogens is 1. The van der Waals surface area contributed by atoms with Crippen LogP contribution in [-0.4, -0.2) is 47.9 Å². The second kappa shape index (κ2) is 5.72. The Morgan fingerprint density at radius 3 is 2.60 bits per heavy atom. The molecule has 1 aromatic carbocycles. The van der Waals surface area contributed by atoms with Crippen LogP contribution in [0.5, 0.6) is 0 Å². The average molecular weight is 296 g/mol. The highest BCUT2D eigenvalue weighted by molar-refractivity contribution is 6.31. The van der Waals surface area contributed by atoms with E-state index in [1.54, 1.807) is 4.90 Å². The number of likely N-dealkylation sites (N-methyl/N-ethyl adjacent to an activating group) is 1. The van der Waals surface area contributed by atoms with Gasteiger partial charge in [0.2, 0.25) is 5.91 Å². The Balaban J connectivity index is 2.37. The molecule has 0 aliphatic carbocycles. The number of nitrogens with two attached hydrogens (primary N) is 1. The molecule has 110 valence electrons. The van der Waals surface area contributed by atoms with Crippen LogP contribution in [0.1, 0.15) is 25.5 Å². The van der Waals surface area contributed by atoms with Gasteiger partial charge in [0.05, 0.1) is 5.54 Å². The Morgan fingerprint density at radius 1 is 1.35 bits per heavy atom. The lowest BCUT2D eigenvalue weighted by atomic mass is 9.92. The third-order valence-corrected chi connectivity index (χ3v) is 4.47. The van der Waals surface area contributed by atoms with Crippen LogP contribution < -0.4 is 5.73 Å². The maximum absolute atomic E-state index is 12.4. The van der Waals surface area contributed by atoms with Crippen molar-refractivity contribution in [3.63, 3.8) is 0 Å². The molecule has 1 unspecified atom stereocenters. The summed E-state index contributed by atoms with van der Waals surface area (Å²) in [4.78, 5) is 16.3. The minimum Gasteiger partial charge on any atom is -0.343 e. The molecule has 1 atom stereocenters. The first kappa shape index (κ1) is 15.3. The number of rotatable bonds is 3. The Kier molecular flexibility index (Phi) is 4.37. The number of amides is 1. The molecule has 2 N–H and O–H groups in total. The number of hydrogen-bond donors (Lipinski definition) is 1.